The molecule has 5 aromatic carbocycles. The molecule has 0 bridgehead atoms. The van der Waals surface area contributed by atoms with Crippen LogP contribution in [0.5, 0.6) is 0 Å². The van der Waals surface area contributed by atoms with Crippen LogP contribution in [0.15, 0.2) is 181 Å². The molecular formula is C47H29N5O. The maximum Gasteiger partial charge on any atom is 0.163 e. The van der Waals surface area contributed by atoms with Gasteiger partial charge in [-0.2, -0.15) is 0 Å². The number of para-hydroxylation sites is 2. The van der Waals surface area contributed by atoms with E-state index in [-0.39, 0.29) is 0 Å². The number of nitrogens with zero attached hydrogens (tertiary/aromatic N) is 5. The van der Waals surface area contributed by atoms with Crippen LogP contribution in [0, 0.1) is 0 Å². The minimum atomic E-state index is 0.656. The standard InChI is InChI=1S/C47H29N5O/c1-2-12-30(13-3-1)31-20-22-32(23-21-31)43-35-14-4-6-16-37(35)51-47(52-43)34-26-24-33(25-27-34)44-42-41(39-18-8-10-28-48-39)46(40-19-9-11-29-49-40)53-45(42)36-15-5-7-17-38(36)50-44/h1-29H. The van der Waals surface area contributed by atoms with Gasteiger partial charge in [0.05, 0.1) is 39.1 Å². The Balaban J connectivity index is 1.12. The summed E-state index contributed by atoms with van der Waals surface area (Å²) in [6.45, 7) is 0. The largest absolute Gasteiger partial charge is 0.453 e. The van der Waals surface area contributed by atoms with Crippen molar-refractivity contribution in [3.8, 4) is 67.7 Å². The molecule has 10 aromatic rings. The molecule has 6 nitrogen and oxygen atoms in total. The molecule has 0 aliphatic carbocycles. The van der Waals surface area contributed by atoms with Gasteiger partial charge in [-0.3, -0.25) is 9.97 Å². The summed E-state index contributed by atoms with van der Waals surface area (Å²) >= 11 is 0. The van der Waals surface area contributed by atoms with Crippen molar-refractivity contribution in [3.05, 3.63) is 176 Å². The summed E-state index contributed by atoms with van der Waals surface area (Å²) in [7, 11) is 0. The van der Waals surface area contributed by atoms with E-state index in [0.29, 0.717) is 11.6 Å². The van der Waals surface area contributed by atoms with Gasteiger partial charge in [0.1, 0.15) is 11.3 Å². The molecule has 0 atom stereocenters. The third kappa shape index (κ3) is 5.41. The van der Waals surface area contributed by atoms with E-state index in [9.17, 15) is 0 Å². The maximum absolute atomic E-state index is 6.77. The summed E-state index contributed by atoms with van der Waals surface area (Å²) in [5, 5.41) is 2.82. The second kappa shape index (κ2) is 12.8. The van der Waals surface area contributed by atoms with E-state index in [1.807, 2.05) is 78.9 Å². The average molecular weight is 680 g/mol. The number of aromatic nitrogens is 5. The van der Waals surface area contributed by atoms with Crippen LogP contribution < -0.4 is 0 Å². The van der Waals surface area contributed by atoms with Crippen molar-refractivity contribution in [1.29, 1.82) is 0 Å². The van der Waals surface area contributed by atoms with Gasteiger partial charge in [0.25, 0.3) is 0 Å². The minimum Gasteiger partial charge on any atom is -0.453 e. The molecule has 0 spiro atoms. The Labute approximate surface area is 305 Å². The molecule has 0 saturated carbocycles. The smallest absolute Gasteiger partial charge is 0.163 e. The summed E-state index contributed by atoms with van der Waals surface area (Å²) in [4.78, 5) is 24.9. The predicted octanol–water partition coefficient (Wildman–Crippen LogP) is 11.7. The van der Waals surface area contributed by atoms with Crippen molar-refractivity contribution in [1.82, 2.24) is 24.9 Å². The van der Waals surface area contributed by atoms with Crippen LogP contribution in [0.2, 0.25) is 0 Å². The summed E-state index contributed by atoms with van der Waals surface area (Å²) < 4.78 is 6.77. The van der Waals surface area contributed by atoms with Gasteiger partial charge in [0.15, 0.2) is 11.6 Å². The van der Waals surface area contributed by atoms with Gasteiger partial charge in [-0.15, -0.1) is 0 Å². The highest BCUT2D eigenvalue weighted by Crippen LogP contribution is 2.45. The van der Waals surface area contributed by atoms with Gasteiger partial charge in [0, 0.05) is 39.9 Å². The minimum absolute atomic E-state index is 0.656. The first-order valence-electron chi connectivity index (χ1n) is 17.5. The van der Waals surface area contributed by atoms with Crippen LogP contribution in [-0.2, 0) is 0 Å². The van der Waals surface area contributed by atoms with Gasteiger partial charge in [-0.05, 0) is 53.6 Å². The second-order valence-electron chi connectivity index (χ2n) is 12.9. The van der Waals surface area contributed by atoms with E-state index in [4.69, 9.17) is 24.4 Å². The number of fused-ring (bicyclic) bond motifs is 4. The molecule has 0 fully saturated rings. The zero-order valence-electron chi connectivity index (χ0n) is 28.4. The Morgan fingerprint density at radius 1 is 0.377 bits per heavy atom. The zero-order valence-corrected chi connectivity index (χ0v) is 28.4. The van der Waals surface area contributed by atoms with Crippen molar-refractivity contribution in [2.75, 3.05) is 0 Å². The molecule has 0 amide bonds. The third-order valence-electron chi connectivity index (χ3n) is 9.63. The molecule has 10 rings (SSSR count). The highest BCUT2D eigenvalue weighted by atomic mass is 16.3. The van der Waals surface area contributed by atoms with E-state index < -0.39 is 0 Å². The lowest BCUT2D eigenvalue weighted by atomic mass is 9.97. The van der Waals surface area contributed by atoms with Gasteiger partial charge >= 0.3 is 0 Å². The van der Waals surface area contributed by atoms with Crippen molar-refractivity contribution in [2.24, 2.45) is 0 Å². The Morgan fingerprint density at radius 2 is 0.925 bits per heavy atom. The molecule has 0 unspecified atom stereocenters. The number of hydrogen-bond acceptors (Lipinski definition) is 6. The quantitative estimate of drug-likeness (QED) is 0.174. The molecule has 0 aliphatic rings. The van der Waals surface area contributed by atoms with E-state index in [2.05, 4.69) is 89.9 Å². The highest BCUT2D eigenvalue weighted by Gasteiger charge is 2.25. The molecule has 0 radical (unpaired) electrons. The summed E-state index contributed by atoms with van der Waals surface area (Å²) in [5.41, 5.74) is 11.8. The third-order valence-corrected chi connectivity index (χ3v) is 9.63. The fourth-order valence-electron chi connectivity index (χ4n) is 7.08. The van der Waals surface area contributed by atoms with Crippen molar-refractivity contribution in [2.45, 2.75) is 0 Å². The first-order chi connectivity index (χ1) is 26.3. The SMILES string of the molecule is c1ccc(-c2ccc(-c3nc(-c4ccc(-c5nc6ccccc6c6oc(-c7ccccn7)c(-c7ccccn7)c56)cc4)nc4ccccc34)cc2)cc1. The Morgan fingerprint density at radius 3 is 1.62 bits per heavy atom. The fraction of sp³-hybridized carbons (Fsp3) is 0. The summed E-state index contributed by atoms with van der Waals surface area (Å²) in [6.07, 6.45) is 3.58. The van der Waals surface area contributed by atoms with Crippen molar-refractivity contribution < 1.29 is 4.42 Å². The van der Waals surface area contributed by atoms with E-state index in [1.54, 1.807) is 12.4 Å². The normalized spacial score (nSPS) is 11.4. The lowest BCUT2D eigenvalue weighted by Gasteiger charge is -2.11. The molecule has 5 aromatic heterocycles. The van der Waals surface area contributed by atoms with Gasteiger partial charge in [0.2, 0.25) is 0 Å². The number of furan rings is 1. The molecule has 0 aliphatic heterocycles. The van der Waals surface area contributed by atoms with Crippen LogP contribution in [0.4, 0.5) is 0 Å². The maximum atomic E-state index is 6.77. The first kappa shape index (κ1) is 30.5. The van der Waals surface area contributed by atoms with Crippen LogP contribution in [0.25, 0.3) is 101 Å². The summed E-state index contributed by atoms with van der Waals surface area (Å²) in [5.74, 6) is 1.31. The second-order valence-corrected chi connectivity index (χ2v) is 12.9. The fourth-order valence-corrected chi connectivity index (χ4v) is 7.08. The Hall–Kier alpha value is -7.31. The molecule has 6 heteroatoms. The molecule has 0 N–H and O–H groups in total. The van der Waals surface area contributed by atoms with Gasteiger partial charge in [-0.25, -0.2) is 15.0 Å². The first-order valence-corrected chi connectivity index (χ1v) is 17.5. The van der Waals surface area contributed by atoms with Crippen molar-refractivity contribution >= 4 is 32.8 Å². The molecule has 248 valence electrons. The van der Waals surface area contributed by atoms with Crippen LogP contribution >= 0.6 is 0 Å². The van der Waals surface area contributed by atoms with Gasteiger partial charge < -0.3 is 4.42 Å². The lowest BCUT2D eigenvalue weighted by molar-refractivity contribution is 0.632. The summed E-state index contributed by atoms with van der Waals surface area (Å²) in [6, 6.07) is 55.3. The van der Waals surface area contributed by atoms with E-state index >= 15 is 0 Å². The number of benzene rings is 5. The zero-order chi connectivity index (χ0) is 35.1. The van der Waals surface area contributed by atoms with Crippen LogP contribution in [0.3, 0.4) is 0 Å². The Bertz CT molecular complexity index is 2910. The highest BCUT2D eigenvalue weighted by molar-refractivity contribution is 6.16. The number of rotatable bonds is 6. The Kier molecular flexibility index (Phi) is 7.36. The molecule has 0 saturated heterocycles. The van der Waals surface area contributed by atoms with Crippen LogP contribution in [-0.4, -0.2) is 24.9 Å². The lowest BCUT2D eigenvalue weighted by Crippen LogP contribution is -1.95. The topological polar surface area (TPSA) is 77.6 Å². The number of hydrogen-bond donors (Lipinski definition) is 0. The molecule has 53 heavy (non-hydrogen) atoms. The van der Waals surface area contributed by atoms with Crippen molar-refractivity contribution in [3.63, 3.8) is 0 Å². The predicted molar refractivity (Wildman–Crippen MR) is 213 cm³/mol. The molecular weight excluding hydrogens is 651 g/mol. The van der Waals surface area contributed by atoms with E-state index in [1.165, 1.54) is 5.56 Å². The van der Waals surface area contributed by atoms with Gasteiger partial charge in [-0.1, -0.05) is 121 Å². The van der Waals surface area contributed by atoms with E-state index in [0.717, 1.165) is 83.4 Å². The average Bonchev–Trinajstić information content (AvgIpc) is 3.65. The monoisotopic (exact) mass is 679 g/mol. The van der Waals surface area contributed by atoms with Crippen LogP contribution in [0.1, 0.15) is 0 Å². The molecule has 5 heterocycles. The number of pyridine rings is 3.